The van der Waals surface area contributed by atoms with Gasteiger partial charge in [-0.2, -0.15) is 0 Å². The van der Waals surface area contributed by atoms with Crippen molar-refractivity contribution in [3.63, 3.8) is 0 Å². The molecule has 0 fully saturated rings. The fourth-order valence-electron chi connectivity index (χ4n) is 2.50. The van der Waals surface area contributed by atoms with Crippen molar-refractivity contribution in [2.45, 2.75) is 20.4 Å². The Bertz CT molecular complexity index is 873. The van der Waals surface area contributed by atoms with Crippen LogP contribution in [-0.2, 0) is 11.3 Å². The Labute approximate surface area is 135 Å². The van der Waals surface area contributed by atoms with E-state index in [2.05, 4.69) is 30.9 Å². The molecule has 0 radical (unpaired) electrons. The van der Waals surface area contributed by atoms with Crippen LogP contribution >= 0.6 is 15.9 Å². The van der Waals surface area contributed by atoms with Crippen molar-refractivity contribution >= 4 is 49.6 Å². The van der Waals surface area contributed by atoms with Crippen LogP contribution in [0.15, 0.2) is 22.7 Å². The fraction of sp³-hybridized carbons (Fsp3) is 0.267. The zero-order valence-corrected chi connectivity index (χ0v) is 13.9. The van der Waals surface area contributed by atoms with E-state index in [1.165, 1.54) is 0 Å². The zero-order valence-electron chi connectivity index (χ0n) is 12.4. The first-order valence-electron chi connectivity index (χ1n) is 6.98. The summed E-state index contributed by atoms with van der Waals surface area (Å²) in [6, 6.07) is 5.84. The third kappa shape index (κ3) is 2.52. The van der Waals surface area contributed by atoms with Gasteiger partial charge in [-0.25, -0.2) is 9.97 Å². The minimum atomic E-state index is 0.0165. The van der Waals surface area contributed by atoms with E-state index in [-0.39, 0.29) is 5.91 Å². The Hall–Kier alpha value is -2.15. The van der Waals surface area contributed by atoms with Crippen LogP contribution in [0.5, 0.6) is 0 Å². The molecule has 0 atom stereocenters. The average Bonchev–Trinajstić information content (AvgIpc) is 2.88. The number of aromatic amines is 1. The summed E-state index contributed by atoms with van der Waals surface area (Å²) in [5.41, 5.74) is 8.31. The van der Waals surface area contributed by atoms with Gasteiger partial charge >= 0.3 is 0 Å². The number of halogens is 1. The highest BCUT2D eigenvalue weighted by atomic mass is 79.9. The number of imidazole rings is 1. The number of nitrogens with two attached hydrogens (primary N) is 1. The summed E-state index contributed by atoms with van der Waals surface area (Å²) in [6.45, 7) is 4.55. The summed E-state index contributed by atoms with van der Waals surface area (Å²) in [5, 5.41) is 0.956. The fourth-order valence-corrected chi connectivity index (χ4v) is 2.84. The number of nitrogens with zero attached hydrogens (tertiary/aromatic N) is 3. The van der Waals surface area contributed by atoms with Gasteiger partial charge in [-0.1, -0.05) is 15.9 Å². The van der Waals surface area contributed by atoms with Crippen LogP contribution in [0.4, 0.5) is 5.82 Å². The number of H-pyrrole nitrogens is 1. The number of anilines is 1. The summed E-state index contributed by atoms with van der Waals surface area (Å²) in [7, 11) is 0. The molecule has 1 amide bonds. The quantitative estimate of drug-likeness (QED) is 0.750. The first-order valence-corrected chi connectivity index (χ1v) is 7.77. The van der Waals surface area contributed by atoms with Gasteiger partial charge in [-0.3, -0.25) is 4.79 Å². The van der Waals surface area contributed by atoms with Crippen molar-refractivity contribution in [3.05, 3.63) is 28.5 Å². The van der Waals surface area contributed by atoms with Crippen LogP contribution in [0.2, 0.25) is 0 Å². The lowest BCUT2D eigenvalue weighted by molar-refractivity contribution is -0.129. The van der Waals surface area contributed by atoms with E-state index < -0.39 is 0 Å². The van der Waals surface area contributed by atoms with E-state index in [0.717, 1.165) is 20.9 Å². The number of amides is 1. The van der Waals surface area contributed by atoms with Crippen molar-refractivity contribution in [1.82, 2.24) is 19.9 Å². The highest BCUT2D eigenvalue weighted by Crippen LogP contribution is 2.28. The second-order valence-electron chi connectivity index (χ2n) is 5.10. The maximum atomic E-state index is 11.6. The molecule has 7 heteroatoms. The summed E-state index contributed by atoms with van der Waals surface area (Å²) in [4.78, 5) is 25.4. The first kappa shape index (κ1) is 14.8. The van der Waals surface area contributed by atoms with Gasteiger partial charge in [-0.15, -0.1) is 0 Å². The molecule has 0 spiro atoms. The number of nitrogen functional groups attached to an aromatic ring is 1. The van der Waals surface area contributed by atoms with Crippen molar-refractivity contribution in [2.24, 2.45) is 0 Å². The van der Waals surface area contributed by atoms with Crippen molar-refractivity contribution in [2.75, 3.05) is 12.3 Å². The molecular weight excluding hydrogens is 346 g/mol. The number of fused-ring (bicyclic) bond motifs is 3. The molecule has 0 saturated carbocycles. The average molecular weight is 362 g/mol. The normalized spacial score (nSPS) is 11.2. The highest BCUT2D eigenvalue weighted by Gasteiger charge is 2.14. The van der Waals surface area contributed by atoms with E-state index >= 15 is 0 Å². The number of hydrogen-bond acceptors (Lipinski definition) is 4. The number of aromatic nitrogens is 3. The molecule has 0 bridgehead atoms. The SMILES string of the molecule is CCN(Cc1nc2c(N)nc3cc(Br)ccc3c2[nH]1)C(C)=O. The lowest BCUT2D eigenvalue weighted by Crippen LogP contribution is -2.28. The maximum Gasteiger partial charge on any atom is 0.219 e. The van der Waals surface area contributed by atoms with Crippen LogP contribution < -0.4 is 5.73 Å². The standard InChI is InChI=1S/C15H16BrN5O/c1-3-21(8(2)22)7-12-19-13-10-5-4-9(16)6-11(10)18-15(17)14(13)20-12/h4-6H,3,7H2,1-2H3,(H2,17,18)(H,19,20). The molecule has 3 N–H and O–H groups in total. The summed E-state index contributed by atoms with van der Waals surface area (Å²) < 4.78 is 0.944. The molecule has 0 aliphatic carbocycles. The van der Waals surface area contributed by atoms with E-state index in [9.17, 15) is 4.79 Å². The number of carbonyl (C=O) groups is 1. The van der Waals surface area contributed by atoms with Gasteiger partial charge in [0.05, 0.1) is 17.6 Å². The predicted molar refractivity (Wildman–Crippen MR) is 90.3 cm³/mol. The van der Waals surface area contributed by atoms with E-state index in [0.29, 0.717) is 30.2 Å². The Morgan fingerprint density at radius 1 is 1.41 bits per heavy atom. The molecule has 22 heavy (non-hydrogen) atoms. The predicted octanol–water partition coefficient (Wildman–Crippen LogP) is 2.82. The van der Waals surface area contributed by atoms with E-state index in [4.69, 9.17) is 5.73 Å². The van der Waals surface area contributed by atoms with Crippen molar-refractivity contribution in [1.29, 1.82) is 0 Å². The lowest BCUT2D eigenvalue weighted by atomic mass is 10.2. The van der Waals surface area contributed by atoms with Gasteiger partial charge in [0.1, 0.15) is 11.3 Å². The minimum absolute atomic E-state index is 0.0165. The number of rotatable bonds is 3. The molecule has 2 heterocycles. The molecule has 0 unspecified atom stereocenters. The lowest BCUT2D eigenvalue weighted by Gasteiger charge is -2.16. The van der Waals surface area contributed by atoms with Crippen LogP contribution in [-0.4, -0.2) is 32.3 Å². The summed E-state index contributed by atoms with van der Waals surface area (Å²) >= 11 is 3.43. The van der Waals surface area contributed by atoms with Gasteiger partial charge in [0, 0.05) is 23.3 Å². The van der Waals surface area contributed by atoms with E-state index in [1.807, 2.05) is 25.1 Å². The third-order valence-corrected chi connectivity index (χ3v) is 4.13. The molecule has 0 aliphatic rings. The van der Waals surface area contributed by atoms with Crippen LogP contribution in [0.1, 0.15) is 19.7 Å². The number of nitrogens with one attached hydrogen (secondary N) is 1. The molecular formula is C15H16BrN5O. The van der Waals surface area contributed by atoms with Crippen LogP contribution in [0.3, 0.4) is 0 Å². The van der Waals surface area contributed by atoms with Gasteiger partial charge in [0.25, 0.3) is 0 Å². The molecule has 3 rings (SSSR count). The molecule has 0 aliphatic heterocycles. The number of carbonyl (C=O) groups excluding carboxylic acids is 1. The summed E-state index contributed by atoms with van der Waals surface area (Å²) in [6.07, 6.45) is 0. The second-order valence-corrected chi connectivity index (χ2v) is 6.01. The molecule has 6 nitrogen and oxygen atoms in total. The van der Waals surface area contributed by atoms with Gasteiger partial charge in [-0.05, 0) is 25.1 Å². The molecule has 0 saturated heterocycles. The molecule has 2 aromatic heterocycles. The largest absolute Gasteiger partial charge is 0.382 e. The maximum absolute atomic E-state index is 11.6. The topological polar surface area (TPSA) is 87.9 Å². The molecule has 114 valence electrons. The minimum Gasteiger partial charge on any atom is -0.382 e. The van der Waals surface area contributed by atoms with Gasteiger partial charge in [0.2, 0.25) is 5.91 Å². The van der Waals surface area contributed by atoms with E-state index in [1.54, 1.807) is 11.8 Å². The number of hydrogen-bond donors (Lipinski definition) is 2. The Morgan fingerprint density at radius 3 is 2.86 bits per heavy atom. The third-order valence-electron chi connectivity index (χ3n) is 3.63. The Morgan fingerprint density at radius 2 is 2.18 bits per heavy atom. The first-order chi connectivity index (χ1) is 10.5. The molecule has 1 aromatic carbocycles. The molecule has 3 aromatic rings. The zero-order chi connectivity index (χ0) is 15.9. The monoisotopic (exact) mass is 361 g/mol. The smallest absolute Gasteiger partial charge is 0.219 e. The van der Waals surface area contributed by atoms with Crippen molar-refractivity contribution in [3.8, 4) is 0 Å². The second kappa shape index (κ2) is 5.57. The Balaban J connectivity index is 2.14. The van der Waals surface area contributed by atoms with Gasteiger partial charge < -0.3 is 15.6 Å². The van der Waals surface area contributed by atoms with Gasteiger partial charge in [0.15, 0.2) is 5.82 Å². The number of pyridine rings is 1. The van der Waals surface area contributed by atoms with Crippen LogP contribution in [0, 0.1) is 0 Å². The highest BCUT2D eigenvalue weighted by molar-refractivity contribution is 9.10. The summed E-state index contributed by atoms with van der Waals surface area (Å²) in [5.74, 6) is 1.10. The van der Waals surface area contributed by atoms with Crippen LogP contribution in [0.25, 0.3) is 21.9 Å². The van der Waals surface area contributed by atoms with Crippen molar-refractivity contribution < 1.29 is 4.79 Å². The Kier molecular flexibility index (Phi) is 3.74. The number of benzene rings is 1.